The summed E-state index contributed by atoms with van der Waals surface area (Å²) in [5, 5.41) is 12.9. The van der Waals surface area contributed by atoms with Crippen molar-refractivity contribution in [2.45, 2.75) is 45.1 Å². The van der Waals surface area contributed by atoms with Crippen LogP contribution in [0.5, 0.6) is 0 Å². The number of hydrogen-bond donors (Lipinski definition) is 2. The largest absolute Gasteiger partial charge is 0.481 e. The standard InChI is InChI=1S/C19H22N2O3/c1-11(2)17-10-15(14-5-3-4-6-16(14)21-17)18(22)20-13-8-7-12(9-13)19(23)24/h3-6,10-13H,7-9H2,1-2H3,(H,20,22)(H,23,24)/t12-,13+/m1/s1. The van der Waals surface area contributed by atoms with Crippen LogP contribution in [0, 0.1) is 5.92 Å². The highest BCUT2D eigenvalue weighted by Gasteiger charge is 2.31. The molecule has 0 radical (unpaired) electrons. The average molecular weight is 326 g/mol. The van der Waals surface area contributed by atoms with E-state index in [1.165, 1.54) is 0 Å². The molecule has 0 saturated heterocycles. The van der Waals surface area contributed by atoms with Gasteiger partial charge in [-0.25, -0.2) is 0 Å². The Hall–Kier alpha value is -2.43. The minimum atomic E-state index is -0.775. The van der Waals surface area contributed by atoms with Crippen LogP contribution in [-0.4, -0.2) is 28.0 Å². The van der Waals surface area contributed by atoms with E-state index in [1.807, 2.05) is 44.2 Å². The van der Waals surface area contributed by atoms with Gasteiger partial charge in [-0.2, -0.15) is 0 Å². The minimum absolute atomic E-state index is 0.0759. The van der Waals surface area contributed by atoms with Crippen molar-refractivity contribution >= 4 is 22.8 Å². The third-order valence-corrected chi connectivity index (χ3v) is 4.69. The van der Waals surface area contributed by atoms with Crippen molar-refractivity contribution in [3.63, 3.8) is 0 Å². The number of nitrogens with zero attached hydrogens (tertiary/aromatic N) is 1. The lowest BCUT2D eigenvalue weighted by Crippen LogP contribution is -2.33. The van der Waals surface area contributed by atoms with Gasteiger partial charge in [0.05, 0.1) is 17.0 Å². The fraction of sp³-hybridized carbons (Fsp3) is 0.421. The number of carbonyl (C=O) groups excluding carboxylic acids is 1. The lowest BCUT2D eigenvalue weighted by atomic mass is 10.0. The molecule has 5 nitrogen and oxygen atoms in total. The van der Waals surface area contributed by atoms with Crippen LogP contribution in [0.2, 0.25) is 0 Å². The number of amides is 1. The van der Waals surface area contributed by atoms with Gasteiger partial charge in [0, 0.05) is 17.1 Å². The first-order valence-corrected chi connectivity index (χ1v) is 8.39. The summed E-state index contributed by atoms with van der Waals surface area (Å²) in [5.41, 5.74) is 2.31. The molecule has 1 heterocycles. The summed E-state index contributed by atoms with van der Waals surface area (Å²) in [6, 6.07) is 9.39. The Labute approximate surface area is 141 Å². The number of benzene rings is 1. The van der Waals surface area contributed by atoms with Crippen LogP contribution >= 0.6 is 0 Å². The van der Waals surface area contributed by atoms with Gasteiger partial charge in [0.15, 0.2) is 0 Å². The number of aromatic nitrogens is 1. The number of aliphatic carboxylic acids is 1. The molecule has 1 aliphatic rings. The molecule has 5 heteroatoms. The molecule has 1 amide bonds. The van der Waals surface area contributed by atoms with Crippen LogP contribution in [0.4, 0.5) is 0 Å². The lowest BCUT2D eigenvalue weighted by molar-refractivity contribution is -0.141. The summed E-state index contributed by atoms with van der Waals surface area (Å²) >= 11 is 0. The molecule has 0 bridgehead atoms. The molecule has 2 atom stereocenters. The van der Waals surface area contributed by atoms with E-state index in [2.05, 4.69) is 10.3 Å². The van der Waals surface area contributed by atoms with Crippen molar-refractivity contribution in [1.29, 1.82) is 0 Å². The lowest BCUT2D eigenvalue weighted by Gasteiger charge is -2.15. The maximum absolute atomic E-state index is 12.8. The highest BCUT2D eigenvalue weighted by molar-refractivity contribution is 6.06. The van der Waals surface area contributed by atoms with Gasteiger partial charge < -0.3 is 10.4 Å². The molecular weight excluding hydrogens is 304 g/mol. The summed E-state index contributed by atoms with van der Waals surface area (Å²) in [6.07, 6.45) is 1.83. The molecule has 2 N–H and O–H groups in total. The summed E-state index contributed by atoms with van der Waals surface area (Å²) in [5.74, 6) is -1.05. The van der Waals surface area contributed by atoms with Gasteiger partial charge in [-0.3, -0.25) is 14.6 Å². The second kappa shape index (κ2) is 6.59. The van der Waals surface area contributed by atoms with Gasteiger partial charge in [0.1, 0.15) is 0 Å². The smallest absolute Gasteiger partial charge is 0.306 e. The van der Waals surface area contributed by atoms with Crippen LogP contribution in [0.1, 0.15) is 55.1 Å². The van der Waals surface area contributed by atoms with E-state index < -0.39 is 5.97 Å². The quantitative estimate of drug-likeness (QED) is 0.903. The molecular formula is C19H22N2O3. The molecule has 24 heavy (non-hydrogen) atoms. The fourth-order valence-electron chi connectivity index (χ4n) is 3.28. The van der Waals surface area contributed by atoms with Crippen molar-refractivity contribution < 1.29 is 14.7 Å². The number of carboxylic acid groups (broad SMARTS) is 1. The van der Waals surface area contributed by atoms with Crippen LogP contribution in [0.15, 0.2) is 30.3 Å². The molecule has 0 unspecified atom stereocenters. The maximum atomic E-state index is 12.8. The Morgan fingerprint density at radius 2 is 2.00 bits per heavy atom. The van der Waals surface area contributed by atoms with Crippen molar-refractivity contribution in [3.8, 4) is 0 Å². The first kappa shape index (κ1) is 16.4. The predicted molar refractivity (Wildman–Crippen MR) is 92.1 cm³/mol. The Morgan fingerprint density at radius 1 is 1.25 bits per heavy atom. The number of pyridine rings is 1. The fourth-order valence-corrected chi connectivity index (χ4v) is 3.28. The Bertz CT molecular complexity index is 785. The van der Waals surface area contributed by atoms with Gasteiger partial charge in [0.2, 0.25) is 0 Å². The Balaban J connectivity index is 1.88. The minimum Gasteiger partial charge on any atom is -0.481 e. The van der Waals surface area contributed by atoms with Crippen LogP contribution in [0.25, 0.3) is 10.9 Å². The predicted octanol–water partition coefficient (Wildman–Crippen LogP) is 3.34. The zero-order valence-electron chi connectivity index (χ0n) is 14.0. The van der Waals surface area contributed by atoms with Crippen molar-refractivity contribution in [1.82, 2.24) is 10.3 Å². The van der Waals surface area contributed by atoms with E-state index in [0.29, 0.717) is 24.8 Å². The molecule has 3 rings (SSSR count). The number of hydrogen-bond acceptors (Lipinski definition) is 3. The summed E-state index contributed by atoms with van der Waals surface area (Å²) in [6.45, 7) is 4.10. The number of rotatable bonds is 4. The maximum Gasteiger partial charge on any atom is 0.306 e. The number of carbonyl (C=O) groups is 2. The molecule has 1 aromatic carbocycles. The van der Waals surface area contributed by atoms with E-state index in [9.17, 15) is 9.59 Å². The molecule has 1 aromatic heterocycles. The van der Waals surface area contributed by atoms with Crippen molar-refractivity contribution in [2.75, 3.05) is 0 Å². The summed E-state index contributed by atoms with van der Waals surface area (Å²) in [7, 11) is 0. The topological polar surface area (TPSA) is 79.3 Å². The van der Waals surface area contributed by atoms with Gasteiger partial charge in [-0.05, 0) is 37.3 Å². The Morgan fingerprint density at radius 3 is 2.67 bits per heavy atom. The SMILES string of the molecule is CC(C)c1cc(C(=O)N[C@H]2CC[C@@H](C(=O)O)C2)c2ccccc2n1. The van der Waals surface area contributed by atoms with E-state index in [1.54, 1.807) is 0 Å². The summed E-state index contributed by atoms with van der Waals surface area (Å²) < 4.78 is 0. The first-order valence-electron chi connectivity index (χ1n) is 8.39. The molecule has 126 valence electrons. The van der Waals surface area contributed by atoms with Crippen molar-refractivity contribution in [2.24, 2.45) is 5.92 Å². The normalized spacial score (nSPS) is 20.5. The van der Waals surface area contributed by atoms with Crippen LogP contribution in [-0.2, 0) is 4.79 Å². The zero-order valence-corrected chi connectivity index (χ0v) is 14.0. The van der Waals surface area contributed by atoms with E-state index in [4.69, 9.17) is 5.11 Å². The Kier molecular flexibility index (Phi) is 4.51. The van der Waals surface area contributed by atoms with E-state index >= 15 is 0 Å². The third-order valence-electron chi connectivity index (χ3n) is 4.69. The van der Waals surface area contributed by atoms with Crippen molar-refractivity contribution in [3.05, 3.63) is 41.6 Å². The third kappa shape index (κ3) is 3.25. The second-order valence-electron chi connectivity index (χ2n) is 6.79. The van der Waals surface area contributed by atoms with Crippen LogP contribution in [0.3, 0.4) is 0 Å². The first-order chi connectivity index (χ1) is 11.5. The average Bonchev–Trinajstić information content (AvgIpc) is 3.02. The molecule has 2 aromatic rings. The second-order valence-corrected chi connectivity index (χ2v) is 6.79. The number of nitrogens with one attached hydrogen (secondary N) is 1. The zero-order chi connectivity index (χ0) is 17.3. The highest BCUT2D eigenvalue weighted by atomic mass is 16.4. The van der Waals surface area contributed by atoms with E-state index in [-0.39, 0.29) is 23.8 Å². The molecule has 1 aliphatic carbocycles. The monoisotopic (exact) mass is 326 g/mol. The van der Waals surface area contributed by atoms with Gasteiger partial charge in [-0.1, -0.05) is 32.0 Å². The van der Waals surface area contributed by atoms with Gasteiger partial charge in [0.25, 0.3) is 5.91 Å². The number of fused-ring (bicyclic) bond motifs is 1. The molecule has 1 fully saturated rings. The van der Waals surface area contributed by atoms with Gasteiger partial charge in [-0.15, -0.1) is 0 Å². The molecule has 0 aliphatic heterocycles. The van der Waals surface area contributed by atoms with Crippen LogP contribution < -0.4 is 5.32 Å². The number of carboxylic acids is 1. The van der Waals surface area contributed by atoms with E-state index in [0.717, 1.165) is 16.6 Å². The summed E-state index contributed by atoms with van der Waals surface area (Å²) in [4.78, 5) is 28.5. The number of para-hydroxylation sites is 1. The highest BCUT2D eigenvalue weighted by Crippen LogP contribution is 2.27. The molecule has 0 spiro atoms. The van der Waals surface area contributed by atoms with Gasteiger partial charge >= 0.3 is 5.97 Å². The molecule has 1 saturated carbocycles.